The lowest BCUT2D eigenvalue weighted by Gasteiger charge is -2.33. The molecule has 0 aromatic rings. The van der Waals surface area contributed by atoms with Gasteiger partial charge in [-0.15, -0.1) is 11.8 Å². The molecule has 92 valence electrons. The highest BCUT2D eigenvalue weighted by atomic mass is 32.2. The molecule has 0 spiro atoms. The SMILES string of the molecule is CC1SCC(C(=O)C2CCCOC2)SC1C. The van der Waals surface area contributed by atoms with Gasteiger partial charge in [0.1, 0.15) is 0 Å². The summed E-state index contributed by atoms with van der Waals surface area (Å²) in [5, 5.41) is 1.48. The molecule has 4 atom stereocenters. The summed E-state index contributed by atoms with van der Waals surface area (Å²) in [6.45, 7) is 5.99. The summed E-state index contributed by atoms with van der Waals surface area (Å²) in [5.74, 6) is 1.61. The lowest BCUT2D eigenvalue weighted by molar-refractivity contribution is -0.125. The Morgan fingerprint density at radius 2 is 2.12 bits per heavy atom. The van der Waals surface area contributed by atoms with Crippen molar-refractivity contribution in [1.29, 1.82) is 0 Å². The molecule has 0 N–H and O–H groups in total. The molecule has 0 aromatic carbocycles. The second-order valence-electron chi connectivity index (χ2n) is 4.68. The lowest BCUT2D eigenvalue weighted by atomic mass is 9.96. The molecule has 0 amide bonds. The summed E-state index contributed by atoms with van der Waals surface area (Å²) in [4.78, 5) is 12.3. The molecule has 0 aliphatic carbocycles. The van der Waals surface area contributed by atoms with Gasteiger partial charge in [0.2, 0.25) is 0 Å². The molecule has 2 nitrogen and oxygen atoms in total. The third-order valence-electron chi connectivity index (χ3n) is 3.43. The Bertz CT molecular complexity index is 251. The Morgan fingerprint density at radius 3 is 2.75 bits per heavy atom. The molecular formula is C12H20O2S2. The quantitative estimate of drug-likeness (QED) is 0.762. The van der Waals surface area contributed by atoms with Crippen molar-refractivity contribution < 1.29 is 9.53 Å². The second-order valence-corrected chi connectivity index (χ2v) is 7.68. The van der Waals surface area contributed by atoms with Crippen LogP contribution in [0.5, 0.6) is 0 Å². The van der Waals surface area contributed by atoms with Crippen molar-refractivity contribution in [2.24, 2.45) is 5.92 Å². The highest BCUT2D eigenvalue weighted by Crippen LogP contribution is 2.37. The zero-order valence-corrected chi connectivity index (χ0v) is 11.6. The minimum atomic E-state index is 0.174. The van der Waals surface area contributed by atoms with Crippen LogP contribution in [0.1, 0.15) is 26.7 Å². The standard InChI is InChI=1S/C12H20O2S2/c1-8-9(2)16-11(7-15-8)12(13)10-4-3-5-14-6-10/h8-11H,3-7H2,1-2H3. The highest BCUT2D eigenvalue weighted by molar-refractivity contribution is 8.08. The molecule has 2 heterocycles. The van der Waals surface area contributed by atoms with E-state index < -0.39 is 0 Å². The van der Waals surface area contributed by atoms with E-state index in [1.807, 2.05) is 23.5 Å². The normalized spacial score (nSPS) is 40.6. The van der Waals surface area contributed by atoms with Gasteiger partial charge in [-0.1, -0.05) is 13.8 Å². The van der Waals surface area contributed by atoms with Crippen molar-refractivity contribution in [3.05, 3.63) is 0 Å². The number of hydrogen-bond acceptors (Lipinski definition) is 4. The van der Waals surface area contributed by atoms with E-state index in [9.17, 15) is 4.79 Å². The van der Waals surface area contributed by atoms with Gasteiger partial charge < -0.3 is 4.74 Å². The van der Waals surface area contributed by atoms with Gasteiger partial charge in [-0.05, 0) is 12.8 Å². The van der Waals surface area contributed by atoms with Crippen LogP contribution in [0.4, 0.5) is 0 Å². The molecule has 2 aliphatic heterocycles. The predicted molar refractivity (Wildman–Crippen MR) is 71.3 cm³/mol. The van der Waals surface area contributed by atoms with Crippen molar-refractivity contribution in [1.82, 2.24) is 0 Å². The molecule has 4 heteroatoms. The van der Waals surface area contributed by atoms with Crippen LogP contribution in [0.25, 0.3) is 0 Å². The van der Waals surface area contributed by atoms with Gasteiger partial charge in [0.15, 0.2) is 5.78 Å². The molecular weight excluding hydrogens is 240 g/mol. The molecule has 2 rings (SSSR count). The zero-order chi connectivity index (χ0) is 11.5. The first kappa shape index (κ1) is 12.8. The van der Waals surface area contributed by atoms with Gasteiger partial charge in [0.05, 0.1) is 11.9 Å². The van der Waals surface area contributed by atoms with E-state index in [0.29, 0.717) is 22.9 Å². The van der Waals surface area contributed by atoms with Gasteiger partial charge in [-0.2, -0.15) is 11.8 Å². The van der Waals surface area contributed by atoms with Crippen LogP contribution >= 0.6 is 23.5 Å². The van der Waals surface area contributed by atoms with Crippen molar-refractivity contribution >= 4 is 29.3 Å². The number of ether oxygens (including phenoxy) is 1. The largest absolute Gasteiger partial charge is 0.381 e. The number of thioether (sulfide) groups is 2. The number of hydrogen-bond donors (Lipinski definition) is 0. The molecule has 0 saturated carbocycles. The van der Waals surface area contributed by atoms with Crippen molar-refractivity contribution in [2.45, 2.75) is 42.4 Å². The maximum atomic E-state index is 12.3. The van der Waals surface area contributed by atoms with Crippen LogP contribution in [-0.2, 0) is 9.53 Å². The van der Waals surface area contributed by atoms with E-state index >= 15 is 0 Å². The Balaban J connectivity index is 1.89. The van der Waals surface area contributed by atoms with Crippen LogP contribution < -0.4 is 0 Å². The summed E-state index contributed by atoms with van der Waals surface area (Å²) in [5.41, 5.74) is 0. The van der Waals surface area contributed by atoms with Crippen LogP contribution in [-0.4, -0.2) is 40.5 Å². The molecule has 2 fully saturated rings. The van der Waals surface area contributed by atoms with Crippen LogP contribution in [0.3, 0.4) is 0 Å². The summed E-state index contributed by atoms with van der Waals surface area (Å²) in [6.07, 6.45) is 2.08. The van der Waals surface area contributed by atoms with E-state index in [0.717, 1.165) is 25.2 Å². The van der Waals surface area contributed by atoms with Crippen molar-refractivity contribution in [3.63, 3.8) is 0 Å². The van der Waals surface area contributed by atoms with Crippen molar-refractivity contribution in [3.8, 4) is 0 Å². The molecule has 16 heavy (non-hydrogen) atoms. The summed E-state index contributed by atoms with van der Waals surface area (Å²) in [6, 6.07) is 0. The minimum Gasteiger partial charge on any atom is -0.381 e. The Morgan fingerprint density at radius 1 is 1.31 bits per heavy atom. The third-order valence-corrected chi connectivity index (χ3v) is 6.84. The molecule has 2 saturated heterocycles. The van der Waals surface area contributed by atoms with Gasteiger partial charge >= 0.3 is 0 Å². The van der Waals surface area contributed by atoms with Crippen LogP contribution in [0.15, 0.2) is 0 Å². The fraction of sp³-hybridized carbons (Fsp3) is 0.917. The van der Waals surface area contributed by atoms with E-state index in [1.165, 1.54) is 0 Å². The molecule has 0 radical (unpaired) electrons. The van der Waals surface area contributed by atoms with E-state index in [-0.39, 0.29) is 11.2 Å². The fourth-order valence-corrected chi connectivity index (χ4v) is 5.12. The number of carbonyl (C=O) groups excluding carboxylic acids is 1. The van der Waals surface area contributed by atoms with E-state index in [2.05, 4.69) is 13.8 Å². The number of Topliss-reactive ketones (excluding diaryl/α,β-unsaturated/α-hetero) is 1. The third kappa shape index (κ3) is 2.96. The monoisotopic (exact) mass is 260 g/mol. The first-order valence-corrected chi connectivity index (χ1v) is 8.06. The maximum Gasteiger partial charge on any atom is 0.152 e. The Kier molecular flexibility index (Phi) is 4.62. The number of ketones is 1. The van der Waals surface area contributed by atoms with Crippen molar-refractivity contribution in [2.75, 3.05) is 19.0 Å². The summed E-state index contributed by atoms with van der Waals surface area (Å²) >= 11 is 3.81. The van der Waals surface area contributed by atoms with Gasteiger partial charge in [0.25, 0.3) is 0 Å². The topological polar surface area (TPSA) is 26.3 Å². The lowest BCUT2D eigenvalue weighted by Crippen LogP contribution is -2.38. The van der Waals surface area contributed by atoms with E-state index in [1.54, 1.807) is 0 Å². The molecule has 0 aromatic heterocycles. The second kappa shape index (κ2) is 5.78. The molecule has 2 aliphatic rings. The number of carbonyl (C=O) groups is 1. The first-order chi connectivity index (χ1) is 7.68. The smallest absolute Gasteiger partial charge is 0.152 e. The summed E-state index contributed by atoms with van der Waals surface area (Å²) in [7, 11) is 0. The van der Waals surface area contributed by atoms with Crippen LogP contribution in [0.2, 0.25) is 0 Å². The fourth-order valence-electron chi connectivity index (χ4n) is 2.16. The average Bonchev–Trinajstić information content (AvgIpc) is 2.33. The predicted octanol–water partition coefficient (Wildman–Crippen LogP) is 2.61. The molecule has 4 unspecified atom stereocenters. The maximum absolute atomic E-state index is 12.3. The zero-order valence-electron chi connectivity index (χ0n) is 9.98. The first-order valence-electron chi connectivity index (χ1n) is 6.07. The van der Waals surface area contributed by atoms with Gasteiger partial charge in [-0.25, -0.2) is 0 Å². The average molecular weight is 260 g/mol. The summed E-state index contributed by atoms with van der Waals surface area (Å²) < 4.78 is 5.41. The van der Waals surface area contributed by atoms with Gasteiger partial charge in [-0.3, -0.25) is 4.79 Å². The Hall–Kier alpha value is 0.330. The highest BCUT2D eigenvalue weighted by Gasteiger charge is 2.34. The van der Waals surface area contributed by atoms with E-state index in [4.69, 9.17) is 4.74 Å². The van der Waals surface area contributed by atoms with Gasteiger partial charge in [0, 0.05) is 28.8 Å². The minimum absolute atomic E-state index is 0.174. The Labute approximate surface area is 106 Å². The molecule has 0 bridgehead atoms. The number of rotatable bonds is 2. The van der Waals surface area contributed by atoms with Crippen LogP contribution in [0, 0.1) is 5.92 Å².